The fraction of sp³-hybridized carbons (Fsp3) is 0.444. The minimum Gasteiger partial charge on any atom is -0.469 e. The second-order valence-corrected chi connectivity index (χ2v) is 2.75. The molecule has 0 radical (unpaired) electrons. The molecule has 0 atom stereocenters. The molecule has 0 bridgehead atoms. The highest BCUT2D eigenvalue weighted by Gasteiger charge is 2.00. The number of aromatic nitrogens is 1. The molecule has 0 unspecified atom stereocenters. The number of carbonyl (C=O) groups excluding carboxylic acids is 1. The summed E-state index contributed by atoms with van der Waals surface area (Å²) in [6.07, 6.45) is 4.08. The third-order valence-electron chi connectivity index (χ3n) is 1.74. The zero-order chi connectivity index (χ0) is 9.68. The van der Waals surface area contributed by atoms with E-state index < -0.39 is 0 Å². The molecule has 0 saturated heterocycles. The number of esters is 1. The summed E-state index contributed by atoms with van der Waals surface area (Å²) in [5, 5.41) is 0. The lowest BCUT2D eigenvalue weighted by Gasteiger charge is -2.00. The summed E-state index contributed by atoms with van der Waals surface area (Å²) < 4.78 is 18.6. The molecule has 1 rings (SSSR count). The molecule has 3 nitrogen and oxygen atoms in total. The summed E-state index contributed by atoms with van der Waals surface area (Å²) in [4.78, 5) is 10.7. The van der Waals surface area contributed by atoms with Crippen LogP contribution in [0.1, 0.15) is 12.8 Å². The molecule has 4 heteroatoms. The molecule has 0 fully saturated rings. The molecule has 0 aromatic carbocycles. The Labute approximate surface area is 76.1 Å². The van der Waals surface area contributed by atoms with Gasteiger partial charge in [-0.25, -0.2) is 4.39 Å². The average molecular weight is 185 g/mol. The van der Waals surface area contributed by atoms with Gasteiger partial charge in [0.05, 0.1) is 7.11 Å². The Bertz CT molecular complexity index is 283. The fourth-order valence-electron chi connectivity index (χ4n) is 1.06. The van der Waals surface area contributed by atoms with Crippen LogP contribution in [0.15, 0.2) is 18.5 Å². The quantitative estimate of drug-likeness (QED) is 0.667. The monoisotopic (exact) mass is 185 g/mol. The fourth-order valence-corrected chi connectivity index (χ4v) is 1.06. The Kier molecular flexibility index (Phi) is 3.49. The molecule has 13 heavy (non-hydrogen) atoms. The van der Waals surface area contributed by atoms with Gasteiger partial charge < -0.3 is 9.30 Å². The first kappa shape index (κ1) is 9.77. The predicted molar refractivity (Wildman–Crippen MR) is 45.6 cm³/mol. The highest BCUT2D eigenvalue weighted by atomic mass is 19.1. The number of hydrogen-bond donors (Lipinski definition) is 0. The summed E-state index contributed by atoms with van der Waals surface area (Å²) in [6, 6.07) is 1.39. The van der Waals surface area contributed by atoms with Gasteiger partial charge in [0, 0.05) is 25.4 Å². The lowest BCUT2D eigenvalue weighted by atomic mass is 10.3. The summed E-state index contributed by atoms with van der Waals surface area (Å²) in [5.74, 6) is -0.481. The minimum atomic E-state index is -0.252. The van der Waals surface area contributed by atoms with Crippen molar-refractivity contribution in [3.63, 3.8) is 0 Å². The van der Waals surface area contributed by atoms with Crippen LogP contribution in [-0.4, -0.2) is 17.6 Å². The summed E-state index contributed by atoms with van der Waals surface area (Å²) in [6.45, 7) is 0.638. The number of carbonyl (C=O) groups is 1. The first-order valence-electron chi connectivity index (χ1n) is 4.10. The van der Waals surface area contributed by atoms with Gasteiger partial charge in [-0.2, -0.15) is 0 Å². The third-order valence-corrected chi connectivity index (χ3v) is 1.74. The van der Waals surface area contributed by atoms with Crippen molar-refractivity contribution < 1.29 is 13.9 Å². The Morgan fingerprint density at radius 2 is 2.46 bits per heavy atom. The summed E-state index contributed by atoms with van der Waals surface area (Å²) in [7, 11) is 1.36. The highest BCUT2D eigenvalue weighted by Crippen LogP contribution is 2.01. The van der Waals surface area contributed by atoms with Crippen LogP contribution in [0.5, 0.6) is 0 Å². The Morgan fingerprint density at radius 1 is 1.69 bits per heavy atom. The standard InChI is InChI=1S/C9H12FNO2/c1-13-9(12)3-2-5-11-6-4-8(10)7-11/h4,6-7H,2-3,5H2,1H3. The molecule has 1 aromatic rings. The van der Waals surface area contributed by atoms with E-state index in [0.717, 1.165) is 0 Å². The zero-order valence-electron chi connectivity index (χ0n) is 7.50. The molecule has 1 heterocycles. The molecule has 0 aliphatic heterocycles. The van der Waals surface area contributed by atoms with Gasteiger partial charge >= 0.3 is 5.97 Å². The van der Waals surface area contributed by atoms with E-state index in [0.29, 0.717) is 19.4 Å². The van der Waals surface area contributed by atoms with E-state index in [9.17, 15) is 9.18 Å². The molecule has 0 aliphatic rings. The SMILES string of the molecule is COC(=O)CCCn1ccc(F)c1. The van der Waals surface area contributed by atoms with Crippen LogP contribution in [-0.2, 0) is 16.1 Å². The normalized spacial score (nSPS) is 10.0. The largest absolute Gasteiger partial charge is 0.469 e. The van der Waals surface area contributed by atoms with Crippen molar-refractivity contribution in [2.45, 2.75) is 19.4 Å². The summed E-state index contributed by atoms with van der Waals surface area (Å²) in [5.41, 5.74) is 0. The van der Waals surface area contributed by atoms with Crippen LogP contribution in [0.25, 0.3) is 0 Å². The first-order chi connectivity index (χ1) is 6.22. The summed E-state index contributed by atoms with van der Waals surface area (Å²) >= 11 is 0. The van der Waals surface area contributed by atoms with Gasteiger partial charge in [-0.3, -0.25) is 4.79 Å². The van der Waals surface area contributed by atoms with Gasteiger partial charge in [0.2, 0.25) is 0 Å². The van der Waals surface area contributed by atoms with E-state index >= 15 is 0 Å². The molecular formula is C9H12FNO2. The van der Waals surface area contributed by atoms with Crippen molar-refractivity contribution >= 4 is 5.97 Å². The molecule has 1 aromatic heterocycles. The van der Waals surface area contributed by atoms with Crippen LogP contribution in [0.3, 0.4) is 0 Å². The van der Waals surface area contributed by atoms with Gasteiger partial charge in [-0.15, -0.1) is 0 Å². The molecule has 0 aliphatic carbocycles. The molecule has 0 spiro atoms. The number of nitrogens with zero attached hydrogens (tertiary/aromatic N) is 1. The molecule has 0 saturated carbocycles. The topological polar surface area (TPSA) is 31.2 Å². The Morgan fingerprint density at radius 3 is 3.00 bits per heavy atom. The second-order valence-electron chi connectivity index (χ2n) is 2.75. The van der Waals surface area contributed by atoms with Crippen molar-refractivity contribution in [3.05, 3.63) is 24.3 Å². The van der Waals surface area contributed by atoms with Gasteiger partial charge in [0.1, 0.15) is 5.82 Å². The number of hydrogen-bond acceptors (Lipinski definition) is 2. The van der Waals surface area contributed by atoms with Gasteiger partial charge in [-0.05, 0) is 12.5 Å². The van der Waals surface area contributed by atoms with E-state index in [4.69, 9.17) is 0 Å². The van der Waals surface area contributed by atoms with Crippen LogP contribution >= 0.6 is 0 Å². The van der Waals surface area contributed by atoms with Crippen LogP contribution < -0.4 is 0 Å². The number of methoxy groups -OCH3 is 1. The van der Waals surface area contributed by atoms with Crippen molar-refractivity contribution in [2.75, 3.05) is 7.11 Å². The lowest BCUT2D eigenvalue weighted by Crippen LogP contribution is -2.02. The number of rotatable bonds is 4. The van der Waals surface area contributed by atoms with Gasteiger partial charge in [-0.1, -0.05) is 0 Å². The van der Waals surface area contributed by atoms with Crippen LogP contribution in [0.4, 0.5) is 4.39 Å². The van der Waals surface area contributed by atoms with E-state index in [-0.39, 0.29) is 11.8 Å². The third kappa shape index (κ3) is 3.27. The van der Waals surface area contributed by atoms with Gasteiger partial charge in [0.25, 0.3) is 0 Å². The average Bonchev–Trinajstić information content (AvgIpc) is 2.51. The Hall–Kier alpha value is -1.32. The zero-order valence-corrected chi connectivity index (χ0v) is 7.50. The van der Waals surface area contributed by atoms with E-state index in [1.165, 1.54) is 19.4 Å². The predicted octanol–water partition coefficient (Wildman–Crippen LogP) is 1.58. The van der Waals surface area contributed by atoms with E-state index in [2.05, 4.69) is 4.74 Å². The number of aryl methyl sites for hydroxylation is 1. The molecule has 0 N–H and O–H groups in total. The maximum Gasteiger partial charge on any atom is 0.305 e. The van der Waals surface area contributed by atoms with Crippen molar-refractivity contribution in [2.24, 2.45) is 0 Å². The number of halogens is 1. The smallest absolute Gasteiger partial charge is 0.305 e. The lowest BCUT2D eigenvalue weighted by molar-refractivity contribution is -0.140. The van der Waals surface area contributed by atoms with Gasteiger partial charge in [0.15, 0.2) is 0 Å². The van der Waals surface area contributed by atoms with E-state index in [1.54, 1.807) is 10.8 Å². The number of ether oxygens (including phenoxy) is 1. The maximum absolute atomic E-state index is 12.5. The first-order valence-corrected chi connectivity index (χ1v) is 4.10. The minimum absolute atomic E-state index is 0.229. The van der Waals surface area contributed by atoms with Crippen molar-refractivity contribution in [1.82, 2.24) is 4.57 Å². The molecular weight excluding hydrogens is 173 g/mol. The van der Waals surface area contributed by atoms with Crippen LogP contribution in [0, 0.1) is 5.82 Å². The maximum atomic E-state index is 12.5. The van der Waals surface area contributed by atoms with E-state index in [1.807, 2.05) is 0 Å². The van der Waals surface area contributed by atoms with Crippen molar-refractivity contribution in [3.8, 4) is 0 Å². The molecule has 72 valence electrons. The highest BCUT2D eigenvalue weighted by molar-refractivity contribution is 5.68. The second kappa shape index (κ2) is 4.64. The Balaban J connectivity index is 2.24. The molecule has 0 amide bonds. The van der Waals surface area contributed by atoms with Crippen LogP contribution in [0.2, 0.25) is 0 Å². The van der Waals surface area contributed by atoms with Crippen molar-refractivity contribution in [1.29, 1.82) is 0 Å².